The third-order valence-electron chi connectivity index (χ3n) is 3.26. The van der Waals surface area contributed by atoms with Gasteiger partial charge in [-0.15, -0.1) is 0 Å². The Kier molecular flexibility index (Phi) is 5.33. The Labute approximate surface area is 120 Å². The molecule has 3 heteroatoms. The van der Waals surface area contributed by atoms with Crippen LogP contribution in [0.4, 0.5) is 0 Å². The molecule has 2 aromatic carbocycles. The van der Waals surface area contributed by atoms with Gasteiger partial charge in [0.25, 0.3) is 0 Å². The maximum Gasteiger partial charge on any atom is 0.237 e. The summed E-state index contributed by atoms with van der Waals surface area (Å²) >= 11 is 0. The molecule has 0 radical (unpaired) electrons. The third-order valence-corrected chi connectivity index (χ3v) is 3.26. The van der Waals surface area contributed by atoms with Crippen LogP contribution in [0, 0.1) is 0 Å². The lowest BCUT2D eigenvalue weighted by Crippen LogP contribution is -2.43. The Morgan fingerprint density at radius 2 is 1.50 bits per heavy atom. The van der Waals surface area contributed by atoms with Crippen molar-refractivity contribution < 1.29 is 4.79 Å². The second-order valence-electron chi connectivity index (χ2n) is 4.73. The van der Waals surface area contributed by atoms with Crippen molar-refractivity contribution in [3.63, 3.8) is 0 Å². The minimum Gasteiger partial charge on any atom is -0.351 e. The van der Waals surface area contributed by atoms with E-state index in [0.29, 0.717) is 13.0 Å². The van der Waals surface area contributed by atoms with E-state index in [-0.39, 0.29) is 11.9 Å². The molecule has 0 saturated heterocycles. The molecule has 20 heavy (non-hydrogen) atoms. The van der Waals surface area contributed by atoms with Crippen molar-refractivity contribution in [1.29, 1.82) is 0 Å². The number of amides is 1. The van der Waals surface area contributed by atoms with Gasteiger partial charge in [-0.1, -0.05) is 60.7 Å². The van der Waals surface area contributed by atoms with Crippen LogP contribution in [0.2, 0.25) is 0 Å². The number of carbonyl (C=O) groups is 1. The van der Waals surface area contributed by atoms with Crippen molar-refractivity contribution in [2.45, 2.75) is 19.0 Å². The second-order valence-corrected chi connectivity index (χ2v) is 4.73. The molecule has 2 N–H and O–H groups in total. The van der Waals surface area contributed by atoms with E-state index in [4.69, 9.17) is 0 Å². The van der Waals surface area contributed by atoms with Gasteiger partial charge in [0.15, 0.2) is 0 Å². The van der Waals surface area contributed by atoms with Crippen molar-refractivity contribution >= 4 is 5.91 Å². The van der Waals surface area contributed by atoms with Gasteiger partial charge >= 0.3 is 0 Å². The van der Waals surface area contributed by atoms with Gasteiger partial charge < -0.3 is 10.6 Å². The fourth-order valence-corrected chi connectivity index (χ4v) is 2.08. The standard InChI is InChI=1S/C17H20N2O/c1-18-16(12-14-8-4-2-5-9-14)17(20)19-13-15-10-6-3-7-11-15/h2-11,16,18H,12-13H2,1H3,(H,19,20)/t16-/m0/s1. The Hall–Kier alpha value is -2.13. The highest BCUT2D eigenvalue weighted by atomic mass is 16.2. The summed E-state index contributed by atoms with van der Waals surface area (Å²) in [5.74, 6) is 0.0280. The Morgan fingerprint density at radius 1 is 0.950 bits per heavy atom. The molecule has 1 atom stereocenters. The third kappa shape index (κ3) is 4.21. The number of carbonyl (C=O) groups excluding carboxylic acids is 1. The topological polar surface area (TPSA) is 41.1 Å². The first-order valence-corrected chi connectivity index (χ1v) is 6.82. The van der Waals surface area contributed by atoms with E-state index in [1.54, 1.807) is 0 Å². The van der Waals surface area contributed by atoms with Crippen molar-refractivity contribution in [2.24, 2.45) is 0 Å². The van der Waals surface area contributed by atoms with Crippen LogP contribution in [-0.4, -0.2) is 19.0 Å². The van der Waals surface area contributed by atoms with Crippen LogP contribution >= 0.6 is 0 Å². The first kappa shape index (κ1) is 14.3. The number of hydrogen-bond donors (Lipinski definition) is 2. The Morgan fingerprint density at radius 3 is 2.05 bits per heavy atom. The van der Waals surface area contributed by atoms with Crippen LogP contribution in [0.5, 0.6) is 0 Å². The second kappa shape index (κ2) is 7.46. The highest BCUT2D eigenvalue weighted by Gasteiger charge is 2.16. The number of rotatable bonds is 6. The van der Waals surface area contributed by atoms with Gasteiger partial charge in [0.05, 0.1) is 6.04 Å². The number of nitrogens with one attached hydrogen (secondary N) is 2. The molecule has 0 aliphatic heterocycles. The van der Waals surface area contributed by atoms with Crippen molar-refractivity contribution in [3.05, 3.63) is 71.8 Å². The largest absolute Gasteiger partial charge is 0.351 e. The van der Waals surface area contributed by atoms with Gasteiger partial charge in [-0.2, -0.15) is 0 Å². The van der Waals surface area contributed by atoms with Crippen LogP contribution < -0.4 is 10.6 Å². The molecule has 104 valence electrons. The lowest BCUT2D eigenvalue weighted by atomic mass is 10.1. The summed E-state index contributed by atoms with van der Waals surface area (Å²) in [6, 6.07) is 19.8. The van der Waals surface area contributed by atoms with Crippen molar-refractivity contribution in [1.82, 2.24) is 10.6 Å². The monoisotopic (exact) mass is 268 g/mol. The molecule has 0 bridgehead atoms. The smallest absolute Gasteiger partial charge is 0.237 e. The summed E-state index contributed by atoms with van der Waals surface area (Å²) in [6.07, 6.45) is 0.692. The highest BCUT2D eigenvalue weighted by Crippen LogP contribution is 2.04. The van der Waals surface area contributed by atoms with E-state index >= 15 is 0 Å². The van der Waals surface area contributed by atoms with Crippen LogP contribution in [0.3, 0.4) is 0 Å². The molecule has 0 aromatic heterocycles. The predicted molar refractivity (Wildman–Crippen MR) is 81.3 cm³/mol. The van der Waals surface area contributed by atoms with E-state index in [0.717, 1.165) is 11.1 Å². The van der Waals surface area contributed by atoms with E-state index in [9.17, 15) is 4.79 Å². The average Bonchev–Trinajstić information content (AvgIpc) is 2.52. The summed E-state index contributed by atoms with van der Waals surface area (Å²) < 4.78 is 0. The highest BCUT2D eigenvalue weighted by molar-refractivity contribution is 5.82. The minimum absolute atomic E-state index is 0.0280. The molecular formula is C17H20N2O. The normalized spacial score (nSPS) is 11.8. The maximum absolute atomic E-state index is 12.2. The maximum atomic E-state index is 12.2. The van der Waals surface area contributed by atoms with Gasteiger partial charge in [-0.25, -0.2) is 0 Å². The number of hydrogen-bond acceptors (Lipinski definition) is 2. The first-order valence-electron chi connectivity index (χ1n) is 6.82. The predicted octanol–water partition coefficient (Wildman–Crippen LogP) is 2.13. The summed E-state index contributed by atoms with van der Waals surface area (Å²) in [6.45, 7) is 0.562. The van der Waals surface area contributed by atoms with Crippen molar-refractivity contribution in [3.8, 4) is 0 Å². The Balaban J connectivity index is 1.89. The molecule has 0 fully saturated rings. The summed E-state index contributed by atoms with van der Waals surface area (Å²) in [5.41, 5.74) is 2.26. The summed E-state index contributed by atoms with van der Waals surface area (Å²) in [7, 11) is 1.82. The van der Waals surface area contributed by atoms with Gasteiger partial charge in [0, 0.05) is 6.54 Å². The van der Waals surface area contributed by atoms with Crippen LogP contribution in [0.25, 0.3) is 0 Å². The van der Waals surface area contributed by atoms with Crippen molar-refractivity contribution in [2.75, 3.05) is 7.05 Å². The molecule has 0 spiro atoms. The van der Waals surface area contributed by atoms with E-state index < -0.39 is 0 Å². The van der Waals surface area contributed by atoms with Gasteiger partial charge in [-0.3, -0.25) is 4.79 Å². The summed E-state index contributed by atoms with van der Waals surface area (Å²) in [5, 5.41) is 6.04. The first-order chi connectivity index (χ1) is 9.79. The lowest BCUT2D eigenvalue weighted by Gasteiger charge is -2.16. The molecule has 2 rings (SSSR count). The fourth-order valence-electron chi connectivity index (χ4n) is 2.08. The molecule has 0 saturated carbocycles. The van der Waals surface area contributed by atoms with Gasteiger partial charge in [0.1, 0.15) is 0 Å². The molecule has 0 heterocycles. The average molecular weight is 268 g/mol. The van der Waals surface area contributed by atoms with Gasteiger partial charge in [0.2, 0.25) is 5.91 Å². The van der Waals surface area contributed by atoms with Crippen LogP contribution in [-0.2, 0) is 17.8 Å². The molecule has 0 aliphatic rings. The zero-order chi connectivity index (χ0) is 14.2. The SMILES string of the molecule is CN[C@@H](Cc1ccccc1)C(=O)NCc1ccccc1. The van der Waals surface area contributed by atoms with E-state index in [1.807, 2.05) is 67.7 Å². The van der Waals surface area contributed by atoms with E-state index in [1.165, 1.54) is 0 Å². The Bertz CT molecular complexity index is 525. The molecule has 2 aromatic rings. The quantitative estimate of drug-likeness (QED) is 0.842. The molecule has 0 unspecified atom stereocenters. The number of likely N-dealkylation sites (N-methyl/N-ethyl adjacent to an activating group) is 1. The van der Waals surface area contributed by atoms with Crippen LogP contribution in [0.15, 0.2) is 60.7 Å². The van der Waals surface area contributed by atoms with Gasteiger partial charge in [-0.05, 0) is 24.6 Å². The number of benzene rings is 2. The van der Waals surface area contributed by atoms with Crippen LogP contribution in [0.1, 0.15) is 11.1 Å². The molecule has 1 amide bonds. The molecule has 3 nitrogen and oxygen atoms in total. The zero-order valence-corrected chi connectivity index (χ0v) is 11.7. The molecular weight excluding hydrogens is 248 g/mol. The zero-order valence-electron chi connectivity index (χ0n) is 11.7. The minimum atomic E-state index is -0.207. The summed E-state index contributed by atoms with van der Waals surface area (Å²) in [4.78, 5) is 12.2. The fraction of sp³-hybridized carbons (Fsp3) is 0.235. The molecule has 0 aliphatic carbocycles. The lowest BCUT2D eigenvalue weighted by molar-refractivity contribution is -0.123. The van der Waals surface area contributed by atoms with E-state index in [2.05, 4.69) is 10.6 Å².